The van der Waals surface area contributed by atoms with Crippen molar-refractivity contribution in [3.05, 3.63) is 28.2 Å². The summed E-state index contributed by atoms with van der Waals surface area (Å²) in [5.41, 5.74) is 6.31. The molecule has 0 amide bonds. The highest BCUT2D eigenvalue weighted by molar-refractivity contribution is 6.34. The van der Waals surface area contributed by atoms with Crippen LogP contribution in [-0.4, -0.2) is 28.9 Å². The zero-order chi connectivity index (χ0) is 12.6. The van der Waals surface area contributed by atoms with Gasteiger partial charge in [-0.3, -0.25) is 0 Å². The number of rotatable bonds is 2. The Balaban J connectivity index is 2.59. The van der Waals surface area contributed by atoms with E-state index >= 15 is 0 Å². The molecule has 2 rings (SSSR count). The number of halogens is 2. The predicted octanol–water partition coefficient (Wildman–Crippen LogP) is 2.22. The first-order chi connectivity index (χ1) is 7.97. The molecule has 17 heavy (non-hydrogen) atoms. The summed E-state index contributed by atoms with van der Waals surface area (Å²) in [6.45, 7) is 0. The maximum absolute atomic E-state index is 5.95. The molecule has 0 unspecified atom stereocenters. The van der Waals surface area contributed by atoms with Gasteiger partial charge in [-0.25, -0.2) is 0 Å². The second-order valence-electron chi connectivity index (χ2n) is 3.70. The van der Waals surface area contributed by atoms with Crippen LogP contribution in [0.2, 0.25) is 10.0 Å². The standard InChI is InChI=1S/C10H11Cl2N5/c1-16(2)10-14-9(13)15-17(10)8-4-6(11)3-7(12)5-8/h3-5H,1-2H3,(H2,13,15). The summed E-state index contributed by atoms with van der Waals surface area (Å²) in [6, 6.07) is 5.14. The molecule has 90 valence electrons. The van der Waals surface area contributed by atoms with Crippen molar-refractivity contribution in [1.82, 2.24) is 14.8 Å². The summed E-state index contributed by atoms with van der Waals surface area (Å²) in [7, 11) is 3.71. The molecule has 2 N–H and O–H groups in total. The van der Waals surface area contributed by atoms with Crippen LogP contribution in [0.15, 0.2) is 18.2 Å². The number of nitrogens with zero attached hydrogens (tertiary/aromatic N) is 4. The highest BCUT2D eigenvalue weighted by atomic mass is 35.5. The highest BCUT2D eigenvalue weighted by Crippen LogP contribution is 2.24. The van der Waals surface area contributed by atoms with Gasteiger partial charge in [0.05, 0.1) is 5.69 Å². The van der Waals surface area contributed by atoms with Crippen molar-refractivity contribution < 1.29 is 0 Å². The maximum Gasteiger partial charge on any atom is 0.241 e. The van der Waals surface area contributed by atoms with E-state index < -0.39 is 0 Å². The fraction of sp³-hybridized carbons (Fsp3) is 0.200. The number of nitrogen functional groups attached to an aromatic ring is 1. The lowest BCUT2D eigenvalue weighted by Crippen LogP contribution is -2.15. The fourth-order valence-electron chi connectivity index (χ4n) is 1.44. The SMILES string of the molecule is CN(C)c1nc(N)nn1-c1cc(Cl)cc(Cl)c1. The second-order valence-corrected chi connectivity index (χ2v) is 4.58. The Morgan fingerprint density at radius 2 is 1.76 bits per heavy atom. The molecule has 0 saturated carbocycles. The number of nitrogens with two attached hydrogens (primary N) is 1. The molecule has 0 saturated heterocycles. The average molecular weight is 272 g/mol. The largest absolute Gasteiger partial charge is 0.366 e. The van der Waals surface area contributed by atoms with Gasteiger partial charge in [0, 0.05) is 24.1 Å². The van der Waals surface area contributed by atoms with Crippen LogP contribution in [0.3, 0.4) is 0 Å². The second kappa shape index (κ2) is 4.43. The van der Waals surface area contributed by atoms with Gasteiger partial charge < -0.3 is 10.6 Å². The molecule has 0 spiro atoms. The Morgan fingerprint density at radius 1 is 1.18 bits per heavy atom. The van der Waals surface area contributed by atoms with Crippen molar-refractivity contribution >= 4 is 35.1 Å². The van der Waals surface area contributed by atoms with Crippen molar-refractivity contribution in [3.8, 4) is 5.69 Å². The summed E-state index contributed by atoms with van der Waals surface area (Å²) in [4.78, 5) is 5.92. The van der Waals surface area contributed by atoms with Gasteiger partial charge in [0.25, 0.3) is 0 Å². The van der Waals surface area contributed by atoms with Gasteiger partial charge in [0.15, 0.2) is 0 Å². The quantitative estimate of drug-likeness (QED) is 0.910. The minimum atomic E-state index is 0.199. The lowest BCUT2D eigenvalue weighted by Gasteiger charge is -2.12. The van der Waals surface area contributed by atoms with Gasteiger partial charge >= 0.3 is 0 Å². The third kappa shape index (κ3) is 2.45. The monoisotopic (exact) mass is 271 g/mol. The summed E-state index contributed by atoms with van der Waals surface area (Å²) in [5, 5.41) is 5.18. The molecule has 0 aliphatic rings. The number of benzene rings is 1. The van der Waals surface area contributed by atoms with Crippen molar-refractivity contribution in [2.24, 2.45) is 0 Å². The molecule has 1 aromatic heterocycles. The molecular weight excluding hydrogens is 261 g/mol. The number of aromatic nitrogens is 3. The van der Waals surface area contributed by atoms with Gasteiger partial charge in [0.1, 0.15) is 0 Å². The van der Waals surface area contributed by atoms with Crippen LogP contribution in [-0.2, 0) is 0 Å². The first-order valence-corrected chi connectivity index (χ1v) is 5.59. The summed E-state index contributed by atoms with van der Waals surface area (Å²) in [5.74, 6) is 0.811. The minimum Gasteiger partial charge on any atom is -0.366 e. The first-order valence-electron chi connectivity index (χ1n) is 4.83. The van der Waals surface area contributed by atoms with E-state index in [1.165, 1.54) is 0 Å². The third-order valence-electron chi connectivity index (χ3n) is 2.10. The summed E-state index contributed by atoms with van der Waals surface area (Å²) >= 11 is 11.9. The van der Waals surface area contributed by atoms with Crippen LogP contribution in [0.5, 0.6) is 0 Å². The normalized spacial score (nSPS) is 10.6. The van der Waals surface area contributed by atoms with E-state index in [2.05, 4.69) is 10.1 Å². The molecule has 5 nitrogen and oxygen atoms in total. The first kappa shape index (κ1) is 12.0. The van der Waals surface area contributed by atoms with E-state index in [9.17, 15) is 0 Å². The zero-order valence-electron chi connectivity index (χ0n) is 9.35. The lowest BCUT2D eigenvalue weighted by atomic mass is 10.3. The van der Waals surface area contributed by atoms with Gasteiger partial charge in [-0.05, 0) is 18.2 Å². The Morgan fingerprint density at radius 3 is 2.29 bits per heavy atom. The van der Waals surface area contributed by atoms with E-state index in [4.69, 9.17) is 28.9 Å². The predicted molar refractivity (Wildman–Crippen MR) is 70.1 cm³/mol. The number of hydrogen-bond acceptors (Lipinski definition) is 4. The fourth-order valence-corrected chi connectivity index (χ4v) is 1.96. The lowest BCUT2D eigenvalue weighted by molar-refractivity contribution is 0.852. The van der Waals surface area contributed by atoms with E-state index in [0.29, 0.717) is 16.0 Å². The molecule has 1 heterocycles. The molecule has 0 atom stereocenters. The molecule has 0 radical (unpaired) electrons. The molecule has 0 bridgehead atoms. The Hall–Kier alpha value is -1.46. The van der Waals surface area contributed by atoms with Gasteiger partial charge in [-0.1, -0.05) is 23.2 Å². The molecule has 0 aliphatic heterocycles. The molecule has 1 aromatic carbocycles. The number of anilines is 2. The maximum atomic E-state index is 5.95. The van der Waals surface area contributed by atoms with E-state index in [0.717, 1.165) is 5.69 Å². The van der Waals surface area contributed by atoms with Gasteiger partial charge in [-0.2, -0.15) is 9.67 Å². The average Bonchev–Trinajstić information content (AvgIpc) is 2.59. The Bertz CT molecular complexity index is 529. The van der Waals surface area contributed by atoms with E-state index in [1.807, 2.05) is 14.1 Å². The summed E-state index contributed by atoms with van der Waals surface area (Å²) < 4.78 is 1.59. The van der Waals surface area contributed by atoms with Crippen LogP contribution in [0.1, 0.15) is 0 Å². The summed E-state index contributed by atoms with van der Waals surface area (Å²) in [6.07, 6.45) is 0. The Labute approximate surface area is 109 Å². The van der Waals surface area contributed by atoms with Crippen LogP contribution < -0.4 is 10.6 Å². The van der Waals surface area contributed by atoms with Crippen LogP contribution in [0, 0.1) is 0 Å². The van der Waals surface area contributed by atoms with Crippen LogP contribution in [0.4, 0.5) is 11.9 Å². The van der Waals surface area contributed by atoms with Crippen LogP contribution >= 0.6 is 23.2 Å². The van der Waals surface area contributed by atoms with E-state index in [1.54, 1.807) is 27.8 Å². The Kier molecular flexibility index (Phi) is 3.13. The highest BCUT2D eigenvalue weighted by Gasteiger charge is 2.12. The van der Waals surface area contributed by atoms with Crippen molar-refractivity contribution in [2.75, 3.05) is 24.7 Å². The molecular formula is C10H11Cl2N5. The van der Waals surface area contributed by atoms with Crippen LogP contribution in [0.25, 0.3) is 5.69 Å². The molecule has 0 aliphatic carbocycles. The molecule has 2 aromatic rings. The van der Waals surface area contributed by atoms with Gasteiger partial charge in [-0.15, -0.1) is 5.10 Å². The number of hydrogen-bond donors (Lipinski definition) is 1. The molecule has 7 heteroatoms. The molecule has 0 fully saturated rings. The minimum absolute atomic E-state index is 0.199. The van der Waals surface area contributed by atoms with Crippen molar-refractivity contribution in [1.29, 1.82) is 0 Å². The van der Waals surface area contributed by atoms with Gasteiger partial charge in [0.2, 0.25) is 11.9 Å². The van der Waals surface area contributed by atoms with Crippen molar-refractivity contribution in [2.45, 2.75) is 0 Å². The zero-order valence-corrected chi connectivity index (χ0v) is 10.9. The smallest absolute Gasteiger partial charge is 0.241 e. The van der Waals surface area contributed by atoms with E-state index in [-0.39, 0.29) is 5.95 Å². The van der Waals surface area contributed by atoms with Crippen molar-refractivity contribution in [3.63, 3.8) is 0 Å². The third-order valence-corrected chi connectivity index (χ3v) is 2.53. The topological polar surface area (TPSA) is 60.0 Å².